The van der Waals surface area contributed by atoms with Gasteiger partial charge in [0.05, 0.1) is 12.3 Å². The Morgan fingerprint density at radius 3 is 2.80 bits per heavy atom. The molecule has 9 heteroatoms. The van der Waals surface area contributed by atoms with Crippen LogP contribution in [-0.2, 0) is 9.59 Å². The lowest BCUT2D eigenvalue weighted by molar-refractivity contribution is -0.123. The summed E-state index contributed by atoms with van der Waals surface area (Å²) in [5.41, 5.74) is 2.13. The van der Waals surface area contributed by atoms with Crippen molar-refractivity contribution in [3.05, 3.63) is 59.1 Å². The maximum atomic E-state index is 12.7. The number of thioether (sulfide) groups is 1. The molecule has 1 heterocycles. The minimum atomic E-state index is -0.612. The van der Waals surface area contributed by atoms with E-state index in [4.69, 9.17) is 16.3 Å². The summed E-state index contributed by atoms with van der Waals surface area (Å²) in [5.74, 6) is 0.100. The van der Waals surface area contributed by atoms with Gasteiger partial charge in [0.15, 0.2) is 5.17 Å². The first kappa shape index (κ1) is 21.9. The highest BCUT2D eigenvalue weighted by Crippen LogP contribution is 2.24. The molecule has 2 N–H and O–H groups in total. The van der Waals surface area contributed by atoms with Crippen LogP contribution in [0.1, 0.15) is 25.8 Å². The first-order valence-corrected chi connectivity index (χ1v) is 10.6. The molecule has 0 spiro atoms. The second kappa shape index (κ2) is 10.3. The first-order valence-electron chi connectivity index (χ1n) is 9.33. The maximum absolute atomic E-state index is 12.7. The van der Waals surface area contributed by atoms with Crippen molar-refractivity contribution in [2.75, 3.05) is 11.9 Å². The van der Waals surface area contributed by atoms with Gasteiger partial charge in [-0.25, -0.2) is 0 Å². The molecule has 0 aliphatic carbocycles. The molecule has 0 radical (unpaired) electrons. The van der Waals surface area contributed by atoms with E-state index in [-0.39, 0.29) is 23.4 Å². The zero-order valence-electron chi connectivity index (χ0n) is 16.5. The number of amides is 2. The van der Waals surface area contributed by atoms with Crippen LogP contribution in [0, 0.1) is 0 Å². The van der Waals surface area contributed by atoms with Gasteiger partial charge in [-0.15, -0.1) is 5.10 Å². The zero-order chi connectivity index (χ0) is 21.5. The van der Waals surface area contributed by atoms with E-state index in [0.29, 0.717) is 28.8 Å². The number of carbonyl (C=O) groups is 2. The number of hydrogen-bond donors (Lipinski definition) is 2. The van der Waals surface area contributed by atoms with E-state index in [9.17, 15) is 9.59 Å². The molecule has 1 fully saturated rings. The van der Waals surface area contributed by atoms with Crippen molar-refractivity contribution in [3.8, 4) is 5.75 Å². The molecule has 156 valence electrons. The average Bonchev–Trinajstić information content (AvgIpc) is 2.72. The van der Waals surface area contributed by atoms with Gasteiger partial charge in [-0.05, 0) is 43.7 Å². The number of benzene rings is 2. The Morgan fingerprint density at radius 2 is 2.07 bits per heavy atom. The molecule has 3 rings (SSSR count). The molecule has 1 saturated heterocycles. The largest absolute Gasteiger partial charge is 0.494 e. The normalized spacial score (nSPS) is 18.1. The fraction of sp³-hybridized carbons (Fsp3) is 0.238. The Morgan fingerprint density at radius 1 is 1.30 bits per heavy atom. The molecule has 0 saturated carbocycles. The van der Waals surface area contributed by atoms with E-state index in [1.807, 2.05) is 25.1 Å². The Labute approximate surface area is 183 Å². The van der Waals surface area contributed by atoms with E-state index >= 15 is 0 Å². The van der Waals surface area contributed by atoms with E-state index in [2.05, 4.69) is 20.8 Å². The summed E-state index contributed by atoms with van der Waals surface area (Å²) in [7, 11) is 0. The van der Waals surface area contributed by atoms with Crippen molar-refractivity contribution >= 4 is 51.7 Å². The highest BCUT2D eigenvalue weighted by molar-refractivity contribution is 8.15. The Balaban J connectivity index is 1.68. The summed E-state index contributed by atoms with van der Waals surface area (Å²) in [5, 5.41) is 14.1. The van der Waals surface area contributed by atoms with Crippen LogP contribution >= 0.6 is 23.4 Å². The standard InChI is InChI=1S/C21H21ClN4O3S/c1-3-29-17-6-4-5-16(11-17)23-20(28)18-12-19(27)24-21(30-18)26-25-13(2)14-7-9-15(22)10-8-14/h4-11,18H,3,12H2,1-2H3,(H,23,28)(H,24,26,27)/t18-/m1/s1. The molecule has 0 aromatic heterocycles. The molecular formula is C21H21ClN4O3S. The quantitative estimate of drug-likeness (QED) is 0.518. The molecule has 2 aromatic carbocycles. The highest BCUT2D eigenvalue weighted by Gasteiger charge is 2.30. The molecule has 1 aliphatic rings. The fourth-order valence-corrected chi connectivity index (χ4v) is 3.72. The van der Waals surface area contributed by atoms with Crippen molar-refractivity contribution in [1.29, 1.82) is 0 Å². The van der Waals surface area contributed by atoms with Crippen LogP contribution in [0.4, 0.5) is 5.69 Å². The lowest BCUT2D eigenvalue weighted by atomic mass is 10.1. The van der Waals surface area contributed by atoms with Crippen molar-refractivity contribution < 1.29 is 14.3 Å². The van der Waals surface area contributed by atoms with E-state index < -0.39 is 5.25 Å². The second-order valence-electron chi connectivity index (χ2n) is 6.41. The third-order valence-corrected chi connectivity index (χ3v) is 5.45. The van der Waals surface area contributed by atoms with Gasteiger partial charge in [-0.2, -0.15) is 5.10 Å². The van der Waals surface area contributed by atoms with Gasteiger partial charge in [-0.3, -0.25) is 9.59 Å². The highest BCUT2D eigenvalue weighted by atomic mass is 35.5. The SMILES string of the molecule is CCOc1cccc(NC(=O)[C@H]2CC(=O)NC(=NN=C(C)c3ccc(Cl)cc3)S2)c1. The minimum Gasteiger partial charge on any atom is -0.494 e. The molecule has 2 aromatic rings. The molecule has 2 amide bonds. The monoisotopic (exact) mass is 444 g/mol. The Kier molecular flexibility index (Phi) is 7.48. The van der Waals surface area contributed by atoms with Crippen LogP contribution in [-0.4, -0.2) is 34.6 Å². The van der Waals surface area contributed by atoms with Crippen molar-refractivity contribution in [2.45, 2.75) is 25.5 Å². The number of anilines is 1. The van der Waals surface area contributed by atoms with Gasteiger partial charge in [-0.1, -0.05) is 41.6 Å². The molecule has 0 bridgehead atoms. The molecule has 0 unspecified atom stereocenters. The maximum Gasteiger partial charge on any atom is 0.238 e. The predicted octanol–water partition coefficient (Wildman–Crippen LogP) is 4.08. The topological polar surface area (TPSA) is 92.1 Å². The summed E-state index contributed by atoms with van der Waals surface area (Å²) < 4.78 is 5.44. The van der Waals surface area contributed by atoms with Crippen LogP contribution in [0.5, 0.6) is 5.75 Å². The van der Waals surface area contributed by atoms with Crippen molar-refractivity contribution in [1.82, 2.24) is 5.32 Å². The Hall–Kier alpha value is -2.84. The van der Waals surface area contributed by atoms with Gasteiger partial charge >= 0.3 is 0 Å². The number of halogens is 1. The third-order valence-electron chi connectivity index (χ3n) is 4.13. The molecule has 1 aliphatic heterocycles. The Bertz CT molecular complexity index is 992. The number of rotatable bonds is 6. The average molecular weight is 445 g/mol. The van der Waals surface area contributed by atoms with Gasteiger partial charge in [0.25, 0.3) is 0 Å². The van der Waals surface area contributed by atoms with Gasteiger partial charge in [0, 0.05) is 23.2 Å². The second-order valence-corrected chi connectivity index (χ2v) is 8.03. The molecular weight excluding hydrogens is 424 g/mol. The van der Waals surface area contributed by atoms with Crippen LogP contribution < -0.4 is 15.4 Å². The van der Waals surface area contributed by atoms with Crippen LogP contribution in [0.25, 0.3) is 0 Å². The summed E-state index contributed by atoms with van der Waals surface area (Å²) in [6.07, 6.45) is 0.0561. The fourth-order valence-electron chi connectivity index (χ4n) is 2.66. The van der Waals surface area contributed by atoms with E-state index in [1.54, 1.807) is 37.3 Å². The smallest absolute Gasteiger partial charge is 0.238 e. The lowest BCUT2D eigenvalue weighted by Gasteiger charge is -2.21. The number of amidine groups is 1. The molecule has 1 atom stereocenters. The van der Waals surface area contributed by atoms with Gasteiger partial charge < -0.3 is 15.4 Å². The number of carbonyl (C=O) groups excluding carboxylic acids is 2. The van der Waals surface area contributed by atoms with Gasteiger partial charge in [0.1, 0.15) is 11.0 Å². The number of nitrogens with zero attached hydrogens (tertiary/aromatic N) is 2. The lowest BCUT2D eigenvalue weighted by Crippen LogP contribution is -2.41. The zero-order valence-corrected chi connectivity index (χ0v) is 18.1. The van der Waals surface area contributed by atoms with Gasteiger partial charge in [0.2, 0.25) is 11.8 Å². The number of ether oxygens (including phenoxy) is 1. The molecule has 30 heavy (non-hydrogen) atoms. The van der Waals surface area contributed by atoms with E-state index in [0.717, 1.165) is 17.3 Å². The summed E-state index contributed by atoms with van der Waals surface area (Å²) in [6, 6.07) is 14.3. The summed E-state index contributed by atoms with van der Waals surface area (Å²) >= 11 is 7.06. The van der Waals surface area contributed by atoms with Crippen molar-refractivity contribution in [2.24, 2.45) is 10.2 Å². The van der Waals surface area contributed by atoms with E-state index in [1.165, 1.54) is 0 Å². The minimum absolute atomic E-state index is 0.0561. The third kappa shape index (κ3) is 6.08. The van der Waals surface area contributed by atoms with Crippen LogP contribution in [0.2, 0.25) is 5.02 Å². The summed E-state index contributed by atoms with van der Waals surface area (Å²) in [4.78, 5) is 24.7. The molecule has 7 nitrogen and oxygen atoms in total. The number of nitrogens with one attached hydrogen (secondary N) is 2. The van der Waals surface area contributed by atoms with Crippen LogP contribution in [0.15, 0.2) is 58.7 Å². The van der Waals surface area contributed by atoms with Crippen molar-refractivity contribution in [3.63, 3.8) is 0 Å². The summed E-state index contributed by atoms with van der Waals surface area (Å²) in [6.45, 7) is 4.23. The van der Waals surface area contributed by atoms with Crippen LogP contribution in [0.3, 0.4) is 0 Å². The predicted molar refractivity (Wildman–Crippen MR) is 121 cm³/mol. The first-order chi connectivity index (χ1) is 14.4. The number of hydrogen-bond acceptors (Lipinski definition) is 6.